The molecule has 2 unspecified atom stereocenters. The zero-order chi connectivity index (χ0) is 24.2. The molecule has 33 heavy (non-hydrogen) atoms. The monoisotopic (exact) mass is 448 g/mol. The number of carbonyl (C=O) groups excluding carboxylic acids is 2. The van der Waals surface area contributed by atoms with Crippen molar-refractivity contribution >= 4 is 11.9 Å². The number of hydrogen-bond acceptors (Lipinski definition) is 6. The first kappa shape index (κ1) is 25.6. The largest absolute Gasteiger partial charge is 0.465 e. The standard InChI is InChI=1S/C27H28O6/c1-4-5-6-7-20(25(29)21-12-14-23(15-13-21)27(31)33-3)16-17-24(28)18-19-8-10-22(11-9-19)26(30)32-2/h4,7-15,24-25,28-29H,1,5-6,18H2,2-3H3/b20-7+. The number of carbonyl (C=O) groups is 2. The molecule has 0 saturated carbocycles. The number of aliphatic hydroxyl groups excluding tert-OH is 2. The van der Waals surface area contributed by atoms with Gasteiger partial charge in [0.2, 0.25) is 0 Å². The van der Waals surface area contributed by atoms with Gasteiger partial charge in [0.1, 0.15) is 12.2 Å². The van der Waals surface area contributed by atoms with Crippen LogP contribution < -0.4 is 0 Å². The van der Waals surface area contributed by atoms with Gasteiger partial charge in [0.25, 0.3) is 0 Å². The first-order valence-corrected chi connectivity index (χ1v) is 10.4. The molecule has 0 bridgehead atoms. The van der Waals surface area contributed by atoms with Crippen molar-refractivity contribution in [3.8, 4) is 11.8 Å². The van der Waals surface area contributed by atoms with Crippen molar-refractivity contribution in [1.29, 1.82) is 0 Å². The van der Waals surface area contributed by atoms with Crippen molar-refractivity contribution in [2.45, 2.75) is 31.5 Å². The summed E-state index contributed by atoms with van der Waals surface area (Å²) in [5, 5.41) is 21.2. The van der Waals surface area contributed by atoms with Crippen LogP contribution in [0, 0.1) is 11.8 Å². The molecule has 2 aromatic rings. The second-order valence-electron chi connectivity index (χ2n) is 7.22. The number of benzene rings is 2. The molecule has 172 valence electrons. The molecule has 6 heteroatoms. The highest BCUT2D eigenvalue weighted by molar-refractivity contribution is 5.89. The van der Waals surface area contributed by atoms with E-state index >= 15 is 0 Å². The van der Waals surface area contributed by atoms with E-state index in [4.69, 9.17) is 4.74 Å². The molecule has 0 aromatic heterocycles. The molecule has 0 aliphatic rings. The van der Waals surface area contributed by atoms with E-state index in [1.807, 2.05) is 6.08 Å². The van der Waals surface area contributed by atoms with Gasteiger partial charge in [0.05, 0.1) is 25.3 Å². The Kier molecular flexibility index (Phi) is 10.1. The Morgan fingerprint density at radius 1 is 0.939 bits per heavy atom. The van der Waals surface area contributed by atoms with Crippen molar-refractivity contribution < 1.29 is 29.3 Å². The summed E-state index contributed by atoms with van der Waals surface area (Å²) >= 11 is 0. The zero-order valence-corrected chi connectivity index (χ0v) is 18.8. The summed E-state index contributed by atoms with van der Waals surface area (Å²) in [7, 11) is 2.62. The van der Waals surface area contributed by atoms with Gasteiger partial charge in [-0.05, 0) is 48.2 Å². The van der Waals surface area contributed by atoms with Crippen LogP contribution in [0.2, 0.25) is 0 Å². The number of hydrogen-bond donors (Lipinski definition) is 2. The van der Waals surface area contributed by atoms with Crippen molar-refractivity contribution in [2.75, 3.05) is 14.2 Å². The van der Waals surface area contributed by atoms with Crippen molar-refractivity contribution in [2.24, 2.45) is 0 Å². The maximum Gasteiger partial charge on any atom is 0.337 e. The van der Waals surface area contributed by atoms with E-state index in [0.717, 1.165) is 5.56 Å². The third kappa shape index (κ3) is 7.76. The molecule has 2 atom stereocenters. The van der Waals surface area contributed by atoms with E-state index in [-0.39, 0.29) is 6.42 Å². The van der Waals surface area contributed by atoms with Crippen LogP contribution >= 0.6 is 0 Å². The Morgan fingerprint density at radius 3 is 2.00 bits per heavy atom. The second kappa shape index (κ2) is 13.0. The Morgan fingerprint density at radius 2 is 1.48 bits per heavy atom. The summed E-state index contributed by atoms with van der Waals surface area (Å²) in [5.41, 5.74) is 2.62. The number of esters is 2. The molecule has 0 saturated heterocycles. The first-order valence-electron chi connectivity index (χ1n) is 10.4. The minimum absolute atomic E-state index is 0.262. The number of unbranched alkanes of at least 4 members (excludes halogenated alkanes) is 1. The lowest BCUT2D eigenvalue weighted by Crippen LogP contribution is -2.09. The van der Waals surface area contributed by atoms with Crippen LogP contribution in [-0.2, 0) is 15.9 Å². The molecule has 2 aromatic carbocycles. The van der Waals surface area contributed by atoms with E-state index in [9.17, 15) is 19.8 Å². The highest BCUT2D eigenvalue weighted by Gasteiger charge is 2.14. The maximum atomic E-state index is 11.6. The Labute approximate surface area is 194 Å². The maximum absolute atomic E-state index is 11.6. The predicted molar refractivity (Wildman–Crippen MR) is 126 cm³/mol. The molecule has 2 N–H and O–H groups in total. The fourth-order valence-corrected chi connectivity index (χ4v) is 3.02. The average molecular weight is 449 g/mol. The quantitative estimate of drug-likeness (QED) is 0.262. The molecule has 0 aliphatic heterocycles. The number of methoxy groups -OCH3 is 2. The van der Waals surface area contributed by atoms with Crippen LogP contribution in [0.5, 0.6) is 0 Å². The minimum Gasteiger partial charge on any atom is -0.465 e. The first-order chi connectivity index (χ1) is 15.9. The smallest absolute Gasteiger partial charge is 0.337 e. The lowest BCUT2D eigenvalue weighted by atomic mass is 9.98. The van der Waals surface area contributed by atoms with E-state index < -0.39 is 24.1 Å². The van der Waals surface area contributed by atoms with Gasteiger partial charge in [-0.25, -0.2) is 9.59 Å². The number of aliphatic hydroxyl groups is 2. The molecule has 0 amide bonds. The predicted octanol–water partition coefficient (Wildman–Crippen LogP) is 3.79. The van der Waals surface area contributed by atoms with Crippen LogP contribution in [0.3, 0.4) is 0 Å². The zero-order valence-electron chi connectivity index (χ0n) is 18.8. The summed E-state index contributed by atoms with van der Waals surface area (Å²) in [6.07, 6.45) is 3.21. The van der Waals surface area contributed by atoms with Gasteiger partial charge in [-0.3, -0.25) is 0 Å². The molecular weight excluding hydrogens is 420 g/mol. The number of ether oxygens (including phenoxy) is 2. The van der Waals surface area contributed by atoms with Gasteiger partial charge in [0, 0.05) is 12.0 Å². The van der Waals surface area contributed by atoms with Gasteiger partial charge >= 0.3 is 11.9 Å². The minimum atomic E-state index is -1.01. The van der Waals surface area contributed by atoms with Crippen LogP contribution in [0.1, 0.15) is 50.8 Å². The Hall–Kier alpha value is -3.66. The lowest BCUT2D eigenvalue weighted by Gasteiger charge is -2.12. The SMILES string of the molecule is C=CCC/C=C(\C#CC(O)Cc1ccc(C(=O)OC)cc1)C(O)c1ccc(C(=O)OC)cc1. The van der Waals surface area contributed by atoms with Crippen molar-refractivity contribution in [3.63, 3.8) is 0 Å². The Bertz CT molecular complexity index is 1040. The van der Waals surface area contributed by atoms with Gasteiger partial charge in [-0.2, -0.15) is 0 Å². The van der Waals surface area contributed by atoms with Crippen LogP contribution in [0.4, 0.5) is 0 Å². The molecule has 0 radical (unpaired) electrons. The van der Waals surface area contributed by atoms with Crippen molar-refractivity contribution in [1.82, 2.24) is 0 Å². The highest BCUT2D eigenvalue weighted by Crippen LogP contribution is 2.23. The van der Waals surface area contributed by atoms with Gasteiger partial charge in [-0.1, -0.05) is 48.3 Å². The second-order valence-corrected chi connectivity index (χ2v) is 7.22. The molecule has 0 fully saturated rings. The molecule has 0 heterocycles. The molecular formula is C27H28O6. The lowest BCUT2D eigenvalue weighted by molar-refractivity contribution is 0.0592. The van der Waals surface area contributed by atoms with Gasteiger partial charge in [0.15, 0.2) is 0 Å². The molecule has 0 aliphatic carbocycles. The van der Waals surface area contributed by atoms with Crippen LogP contribution in [-0.4, -0.2) is 42.5 Å². The van der Waals surface area contributed by atoms with Crippen LogP contribution in [0.25, 0.3) is 0 Å². The topological polar surface area (TPSA) is 93.1 Å². The fraction of sp³-hybridized carbons (Fsp3) is 0.259. The van der Waals surface area contributed by atoms with E-state index in [1.165, 1.54) is 14.2 Å². The van der Waals surface area contributed by atoms with E-state index in [2.05, 4.69) is 23.2 Å². The summed E-state index contributed by atoms with van der Waals surface area (Å²) in [4.78, 5) is 23.1. The third-order valence-corrected chi connectivity index (χ3v) is 4.86. The number of allylic oxidation sites excluding steroid dienone is 2. The summed E-state index contributed by atoms with van der Waals surface area (Å²) < 4.78 is 9.37. The molecule has 6 nitrogen and oxygen atoms in total. The van der Waals surface area contributed by atoms with Crippen molar-refractivity contribution in [3.05, 3.63) is 95.1 Å². The van der Waals surface area contributed by atoms with Crippen LogP contribution in [0.15, 0.2) is 72.8 Å². The summed E-state index contributed by atoms with van der Waals surface area (Å²) in [5.74, 6) is 4.79. The molecule has 2 rings (SSSR count). The average Bonchev–Trinajstić information content (AvgIpc) is 2.85. The molecule has 0 spiro atoms. The summed E-state index contributed by atoms with van der Waals surface area (Å²) in [6.45, 7) is 3.70. The van der Waals surface area contributed by atoms with E-state index in [0.29, 0.717) is 35.1 Å². The van der Waals surface area contributed by atoms with Gasteiger partial charge in [-0.15, -0.1) is 6.58 Å². The summed E-state index contributed by atoms with van der Waals surface area (Å²) in [6, 6.07) is 13.1. The fourth-order valence-electron chi connectivity index (χ4n) is 3.02. The Balaban J connectivity index is 2.16. The van der Waals surface area contributed by atoms with E-state index in [1.54, 1.807) is 54.6 Å². The highest BCUT2D eigenvalue weighted by atomic mass is 16.5. The van der Waals surface area contributed by atoms with Gasteiger partial charge < -0.3 is 19.7 Å². The normalized spacial score (nSPS) is 12.7. The number of rotatable bonds is 9. The third-order valence-electron chi connectivity index (χ3n) is 4.86.